The lowest BCUT2D eigenvalue weighted by molar-refractivity contribution is -0.119. The quantitative estimate of drug-likeness (QED) is 0.0348. The van der Waals surface area contributed by atoms with Crippen LogP contribution in [0.3, 0.4) is 0 Å². The van der Waals surface area contributed by atoms with Crippen LogP contribution in [-0.4, -0.2) is 158 Å². The van der Waals surface area contributed by atoms with Crippen LogP contribution in [0, 0.1) is 0 Å². The van der Waals surface area contributed by atoms with E-state index in [-0.39, 0.29) is 17.7 Å². The lowest BCUT2D eigenvalue weighted by Gasteiger charge is -2.26. The highest BCUT2D eigenvalue weighted by Gasteiger charge is 2.27. The molecule has 6 aliphatic rings. The van der Waals surface area contributed by atoms with Crippen molar-refractivity contribution in [2.45, 2.75) is 150 Å². The molecule has 0 saturated carbocycles. The molecule has 0 spiro atoms. The van der Waals surface area contributed by atoms with Gasteiger partial charge >= 0.3 is 0 Å². The first-order valence-electron chi connectivity index (χ1n) is 29.6. The van der Waals surface area contributed by atoms with Crippen LogP contribution in [0.1, 0.15) is 134 Å². The number of nitrogen functional groups attached to an aromatic ring is 3. The Balaban J connectivity index is 0.000000136. The number of nitrogens with one attached hydrogen (secondary N) is 3. The number of thioether (sulfide) groups is 3. The minimum Gasteiger partial charge on any atom is -0.383 e. The molecule has 0 radical (unpaired) electrons. The molecule has 3 saturated heterocycles. The summed E-state index contributed by atoms with van der Waals surface area (Å²) in [5.74, 6) is 3.28. The van der Waals surface area contributed by atoms with Gasteiger partial charge in [-0.1, -0.05) is 61.5 Å². The van der Waals surface area contributed by atoms with Gasteiger partial charge in [-0.05, 0) is 165 Å². The van der Waals surface area contributed by atoms with Crippen LogP contribution >= 0.6 is 69.3 Å². The fourth-order valence-corrected chi connectivity index (χ4v) is 18.1. The van der Waals surface area contributed by atoms with Crippen molar-refractivity contribution in [2.75, 3.05) is 113 Å². The highest BCUT2D eigenvalue weighted by atomic mass is 32.2. The maximum atomic E-state index is 12.2. The molecule has 6 aromatic rings. The number of amides is 3. The number of aryl methyl sites for hydroxylation is 5. The molecule has 3 aliphatic carbocycles. The first-order valence-corrected chi connectivity index (χ1v) is 35.0. The van der Waals surface area contributed by atoms with Crippen molar-refractivity contribution < 1.29 is 14.4 Å². The van der Waals surface area contributed by atoms with E-state index in [9.17, 15) is 14.4 Å². The van der Waals surface area contributed by atoms with Crippen molar-refractivity contribution in [3.8, 4) is 0 Å². The third-order valence-corrected chi connectivity index (χ3v) is 22.3. The summed E-state index contributed by atoms with van der Waals surface area (Å²) in [6, 6.07) is 0. The van der Waals surface area contributed by atoms with E-state index in [1.807, 2.05) is 0 Å². The molecular weight excluding hydrogens is 1140 g/mol. The van der Waals surface area contributed by atoms with Crippen molar-refractivity contribution >= 4 is 135 Å². The van der Waals surface area contributed by atoms with Gasteiger partial charge in [-0.25, -0.2) is 29.9 Å². The molecule has 6 aromatic heterocycles. The Morgan fingerprint density at radius 2 is 0.815 bits per heavy atom. The van der Waals surface area contributed by atoms with Gasteiger partial charge in [-0.15, -0.1) is 34.0 Å². The lowest BCUT2D eigenvalue weighted by atomic mass is 9.87. The van der Waals surface area contributed by atoms with E-state index in [1.165, 1.54) is 156 Å². The van der Waals surface area contributed by atoms with Gasteiger partial charge in [0, 0.05) is 53.9 Å². The number of rotatable bonds is 18. The summed E-state index contributed by atoms with van der Waals surface area (Å²) >= 11 is 9.32. The van der Waals surface area contributed by atoms with Gasteiger partial charge in [-0.3, -0.25) is 14.4 Å². The molecule has 18 nitrogen and oxygen atoms in total. The third kappa shape index (κ3) is 16.2. The Labute approximate surface area is 501 Å². The van der Waals surface area contributed by atoms with Crippen molar-refractivity contribution in [1.82, 2.24) is 60.6 Å². The molecule has 3 amide bonds. The minimum absolute atomic E-state index is 0.0305. The van der Waals surface area contributed by atoms with Crippen molar-refractivity contribution in [3.63, 3.8) is 0 Å². The number of aromatic nitrogens is 6. The molecule has 438 valence electrons. The van der Waals surface area contributed by atoms with Crippen LogP contribution in [0.15, 0.2) is 15.5 Å². The minimum atomic E-state index is 0.0305. The Hall–Kier alpha value is -4.14. The van der Waals surface area contributed by atoms with E-state index >= 15 is 0 Å². The smallest absolute Gasteiger partial charge is 0.230 e. The zero-order valence-corrected chi connectivity index (χ0v) is 51.9. The molecule has 24 heteroatoms. The number of fused-ring (bicyclic) bond motifs is 9. The standard InChI is InChI=1S/C20H29N5OS2.C19H27N5OS2.C18H25N5OS2/c1-13-6-5-7-14-16(13)17-18(21)23-20(24-19(17)28-14)27-12-15(26)22-8-11-25-9-3-2-4-10-25;20-17-16-13-6-2-3-7-14(13)27-18(16)23-19(22-17)26-12-15(25)21-8-11-24-9-4-1-5-10-24;19-16-15-12-5-4-6-13(12)26-17(15)22-18(21-16)25-11-14(24)20-7-10-23-8-2-1-3-9-23/h13H,2-12H2,1H3,(H,22,26)(H2,21,23,24);1-12H2,(H,21,25)(H2,20,22,23);1-11H2,(H,20,24)(H2,19,21,22). The third-order valence-electron chi connectivity index (χ3n) is 16.2. The summed E-state index contributed by atoms with van der Waals surface area (Å²) in [5.41, 5.74) is 22.8. The summed E-state index contributed by atoms with van der Waals surface area (Å²) in [5, 5.41) is 13.9. The van der Waals surface area contributed by atoms with E-state index in [2.05, 4.69) is 62.5 Å². The molecule has 1 unspecified atom stereocenters. The van der Waals surface area contributed by atoms with Crippen LogP contribution < -0.4 is 33.2 Å². The van der Waals surface area contributed by atoms with Crippen LogP contribution in [0.25, 0.3) is 30.6 Å². The molecule has 9 heterocycles. The topological polar surface area (TPSA) is 252 Å². The molecule has 3 aliphatic heterocycles. The second-order valence-corrected chi connectivity index (χ2v) is 28.2. The van der Waals surface area contributed by atoms with Gasteiger partial charge in [0.15, 0.2) is 15.5 Å². The SMILES string of the molecule is CC1CCCc2sc3nc(SCC(=O)NCCN4CCCCC4)nc(N)c3c21.Nc1nc(SCC(=O)NCCN2CCCCC2)nc2sc3c(c12)CCC3.Nc1nc(SCC(=O)NCCN2CCCCC2)nc2sc3c(c12)CCCC3. The molecule has 3 fully saturated rings. The van der Waals surface area contributed by atoms with Gasteiger partial charge in [0.05, 0.1) is 33.4 Å². The number of piperidine rings is 3. The fourth-order valence-electron chi connectivity index (χ4n) is 12.0. The van der Waals surface area contributed by atoms with E-state index in [0.717, 1.165) is 122 Å². The molecule has 1 atom stereocenters. The monoisotopic (exact) mass is 1220 g/mol. The molecule has 0 aromatic carbocycles. The number of anilines is 3. The number of hydrogen-bond acceptors (Lipinski definition) is 21. The van der Waals surface area contributed by atoms with Crippen LogP contribution in [0.4, 0.5) is 17.5 Å². The van der Waals surface area contributed by atoms with Gasteiger partial charge < -0.3 is 47.9 Å². The molecule has 81 heavy (non-hydrogen) atoms. The highest BCUT2D eigenvalue weighted by Crippen LogP contribution is 2.44. The molecule has 12 rings (SSSR count). The summed E-state index contributed by atoms with van der Waals surface area (Å²) in [7, 11) is 0. The number of carbonyl (C=O) groups is 3. The van der Waals surface area contributed by atoms with Crippen LogP contribution in [0.2, 0.25) is 0 Å². The zero-order valence-electron chi connectivity index (χ0n) is 47.1. The number of thiophene rings is 3. The van der Waals surface area contributed by atoms with Crippen molar-refractivity contribution in [2.24, 2.45) is 0 Å². The highest BCUT2D eigenvalue weighted by molar-refractivity contribution is 8.00. The second kappa shape index (κ2) is 29.6. The first-order chi connectivity index (χ1) is 39.5. The fraction of sp³-hybridized carbons (Fsp3) is 0.632. The van der Waals surface area contributed by atoms with Crippen LogP contribution in [-0.2, 0) is 46.5 Å². The maximum absolute atomic E-state index is 12.2. The lowest BCUT2D eigenvalue weighted by Crippen LogP contribution is -2.38. The Morgan fingerprint density at radius 1 is 0.457 bits per heavy atom. The first kappa shape index (κ1) is 60.0. The Kier molecular flexibility index (Phi) is 21.9. The predicted molar refractivity (Wildman–Crippen MR) is 338 cm³/mol. The van der Waals surface area contributed by atoms with Crippen molar-refractivity contribution in [3.05, 3.63) is 31.3 Å². The molecule has 9 N–H and O–H groups in total. The maximum Gasteiger partial charge on any atom is 0.230 e. The van der Waals surface area contributed by atoms with Gasteiger partial charge in [0.1, 0.15) is 31.9 Å². The van der Waals surface area contributed by atoms with E-state index in [1.54, 1.807) is 34.0 Å². The Bertz CT molecular complexity index is 3110. The van der Waals surface area contributed by atoms with Crippen LogP contribution in [0.5, 0.6) is 0 Å². The average Bonchev–Trinajstić information content (AvgIpc) is 4.45. The normalized spacial score (nSPS) is 18.6. The number of hydrogen-bond donors (Lipinski definition) is 6. The summed E-state index contributed by atoms with van der Waals surface area (Å²) in [6.07, 6.45) is 23.2. The van der Waals surface area contributed by atoms with E-state index in [4.69, 9.17) is 22.2 Å². The number of nitrogens with zero attached hydrogens (tertiary/aromatic N) is 9. The summed E-state index contributed by atoms with van der Waals surface area (Å²) in [4.78, 5) is 78.2. The zero-order chi connectivity index (χ0) is 56.1. The second-order valence-electron chi connectivity index (χ2n) is 22.1. The molecular formula is C57H81N15O3S6. The summed E-state index contributed by atoms with van der Waals surface area (Å²) in [6.45, 7) is 14.1. The van der Waals surface area contributed by atoms with E-state index < -0.39 is 0 Å². The predicted octanol–water partition coefficient (Wildman–Crippen LogP) is 8.71. The van der Waals surface area contributed by atoms with Crippen molar-refractivity contribution in [1.29, 1.82) is 0 Å². The largest absolute Gasteiger partial charge is 0.383 e. The average molecular weight is 1220 g/mol. The van der Waals surface area contributed by atoms with Gasteiger partial charge in [0.25, 0.3) is 0 Å². The number of likely N-dealkylation sites (tertiary alicyclic amines) is 3. The number of nitrogens with two attached hydrogens (primary N) is 3. The van der Waals surface area contributed by atoms with Gasteiger partial charge in [-0.2, -0.15) is 0 Å². The molecule has 0 bridgehead atoms. The summed E-state index contributed by atoms with van der Waals surface area (Å²) < 4.78 is 0. The number of carbonyl (C=O) groups excluding carboxylic acids is 3. The van der Waals surface area contributed by atoms with Gasteiger partial charge in [0.2, 0.25) is 17.7 Å². The van der Waals surface area contributed by atoms with E-state index in [0.29, 0.717) is 75.7 Å². The Morgan fingerprint density at radius 3 is 1.26 bits per heavy atom.